The topological polar surface area (TPSA) is 67.0 Å². The maximum atomic E-state index is 14.0. The van der Waals surface area contributed by atoms with Crippen molar-refractivity contribution < 1.29 is 13.9 Å². The molecule has 0 radical (unpaired) electrons. The minimum absolute atomic E-state index is 0.157. The van der Waals surface area contributed by atoms with Gasteiger partial charge in [0.2, 0.25) is 5.91 Å². The zero-order chi connectivity index (χ0) is 17.8. The highest BCUT2D eigenvalue weighted by Crippen LogP contribution is 2.23. The highest BCUT2D eigenvalue weighted by atomic mass is 19.1. The van der Waals surface area contributed by atoms with Crippen molar-refractivity contribution in [2.75, 3.05) is 7.11 Å². The second kappa shape index (κ2) is 7.44. The monoisotopic (exact) mass is 341 g/mol. The van der Waals surface area contributed by atoms with Crippen molar-refractivity contribution in [2.24, 2.45) is 0 Å². The van der Waals surface area contributed by atoms with Crippen LogP contribution in [0, 0.1) is 5.82 Å². The van der Waals surface area contributed by atoms with Gasteiger partial charge in [-0.2, -0.15) is 0 Å². The van der Waals surface area contributed by atoms with Crippen LogP contribution in [0.25, 0.3) is 11.0 Å². The summed E-state index contributed by atoms with van der Waals surface area (Å²) in [5.41, 5.74) is 2.04. The SMILES string of the molecule is CO[C@@H](c1ccccc1F)[C@@H](C)NC(=O)Cc1c[nH]c2ncccc12. The first-order valence-corrected chi connectivity index (χ1v) is 8.07. The van der Waals surface area contributed by atoms with Crippen LogP contribution in [-0.4, -0.2) is 29.0 Å². The number of ether oxygens (including phenoxy) is 1. The van der Waals surface area contributed by atoms with Gasteiger partial charge in [-0.05, 0) is 30.7 Å². The number of carbonyl (C=O) groups is 1. The third kappa shape index (κ3) is 3.69. The van der Waals surface area contributed by atoms with Gasteiger partial charge in [-0.25, -0.2) is 9.37 Å². The molecule has 3 aromatic rings. The summed E-state index contributed by atoms with van der Waals surface area (Å²) in [7, 11) is 1.51. The third-order valence-corrected chi connectivity index (χ3v) is 4.20. The van der Waals surface area contributed by atoms with E-state index in [0.29, 0.717) is 5.56 Å². The highest BCUT2D eigenvalue weighted by molar-refractivity contribution is 5.87. The van der Waals surface area contributed by atoms with E-state index >= 15 is 0 Å². The average molecular weight is 341 g/mol. The van der Waals surface area contributed by atoms with Gasteiger partial charge in [0.1, 0.15) is 17.6 Å². The number of hydrogen-bond donors (Lipinski definition) is 2. The van der Waals surface area contributed by atoms with Gasteiger partial charge in [-0.15, -0.1) is 0 Å². The van der Waals surface area contributed by atoms with Crippen LogP contribution in [0.15, 0.2) is 48.8 Å². The van der Waals surface area contributed by atoms with Crippen LogP contribution in [-0.2, 0) is 16.0 Å². The van der Waals surface area contributed by atoms with Gasteiger partial charge in [0.05, 0.1) is 12.5 Å². The molecule has 1 amide bonds. The first kappa shape index (κ1) is 17.1. The van der Waals surface area contributed by atoms with Crippen LogP contribution >= 0.6 is 0 Å². The van der Waals surface area contributed by atoms with E-state index in [-0.39, 0.29) is 24.2 Å². The molecule has 1 aromatic carbocycles. The molecular weight excluding hydrogens is 321 g/mol. The molecule has 2 aromatic heterocycles. The van der Waals surface area contributed by atoms with Crippen LogP contribution in [0.3, 0.4) is 0 Å². The van der Waals surface area contributed by atoms with E-state index in [0.717, 1.165) is 16.6 Å². The Balaban J connectivity index is 1.70. The standard InChI is InChI=1S/C19H20FN3O2/c1-12(18(25-2)15-6-3-4-8-16(15)20)23-17(24)10-13-11-22-19-14(13)7-5-9-21-19/h3-9,11-12,18H,10H2,1-2H3,(H,21,22)(H,23,24)/t12-,18-/m1/s1. The molecule has 0 bridgehead atoms. The van der Waals surface area contributed by atoms with Crippen LogP contribution in [0.5, 0.6) is 0 Å². The number of nitrogens with zero attached hydrogens (tertiary/aromatic N) is 1. The molecule has 0 spiro atoms. The molecule has 2 atom stereocenters. The van der Waals surface area contributed by atoms with Gasteiger partial charge in [0.15, 0.2) is 0 Å². The highest BCUT2D eigenvalue weighted by Gasteiger charge is 2.23. The fourth-order valence-electron chi connectivity index (χ4n) is 3.02. The fourth-order valence-corrected chi connectivity index (χ4v) is 3.02. The van der Waals surface area contributed by atoms with Crippen LogP contribution in [0.4, 0.5) is 4.39 Å². The molecule has 3 rings (SSSR count). The maximum Gasteiger partial charge on any atom is 0.224 e. The zero-order valence-corrected chi connectivity index (χ0v) is 14.1. The lowest BCUT2D eigenvalue weighted by Gasteiger charge is -2.24. The van der Waals surface area contributed by atoms with Crippen molar-refractivity contribution in [1.82, 2.24) is 15.3 Å². The number of aromatic nitrogens is 2. The van der Waals surface area contributed by atoms with Gasteiger partial charge in [0, 0.05) is 30.5 Å². The summed E-state index contributed by atoms with van der Waals surface area (Å²) in [5.74, 6) is -0.506. The zero-order valence-electron chi connectivity index (χ0n) is 14.1. The summed E-state index contributed by atoms with van der Waals surface area (Å²) in [4.78, 5) is 19.7. The summed E-state index contributed by atoms with van der Waals surface area (Å²) < 4.78 is 19.4. The number of pyridine rings is 1. The molecule has 6 heteroatoms. The smallest absolute Gasteiger partial charge is 0.224 e. The Labute approximate surface area is 145 Å². The summed E-state index contributed by atoms with van der Waals surface area (Å²) in [6, 6.07) is 9.80. The van der Waals surface area contributed by atoms with Gasteiger partial charge >= 0.3 is 0 Å². The van der Waals surface area contributed by atoms with Crippen LogP contribution in [0.1, 0.15) is 24.2 Å². The number of methoxy groups -OCH3 is 1. The Hall–Kier alpha value is -2.73. The van der Waals surface area contributed by atoms with Crippen LogP contribution < -0.4 is 5.32 Å². The second-order valence-corrected chi connectivity index (χ2v) is 5.92. The number of nitrogens with one attached hydrogen (secondary N) is 2. The minimum atomic E-state index is -0.560. The molecule has 0 aliphatic rings. The van der Waals surface area contributed by atoms with Crippen molar-refractivity contribution in [2.45, 2.75) is 25.5 Å². The lowest BCUT2D eigenvalue weighted by Crippen LogP contribution is -2.38. The summed E-state index contributed by atoms with van der Waals surface area (Å²) in [5, 5.41) is 3.81. The third-order valence-electron chi connectivity index (χ3n) is 4.20. The van der Waals surface area contributed by atoms with Gasteiger partial charge in [-0.1, -0.05) is 18.2 Å². The molecule has 0 saturated heterocycles. The number of halogens is 1. The largest absolute Gasteiger partial charge is 0.375 e. The van der Waals surface area contributed by atoms with E-state index in [9.17, 15) is 9.18 Å². The lowest BCUT2D eigenvalue weighted by molar-refractivity contribution is -0.122. The molecule has 2 heterocycles. The Morgan fingerprint density at radius 2 is 2.12 bits per heavy atom. The molecule has 25 heavy (non-hydrogen) atoms. The van der Waals surface area contributed by atoms with Crippen molar-refractivity contribution in [3.63, 3.8) is 0 Å². The van der Waals surface area contributed by atoms with Gasteiger partial charge in [0.25, 0.3) is 0 Å². The summed E-state index contributed by atoms with van der Waals surface area (Å²) in [6.45, 7) is 1.80. The van der Waals surface area contributed by atoms with E-state index in [1.165, 1.54) is 13.2 Å². The molecular formula is C19H20FN3O2. The molecule has 0 aliphatic heterocycles. The normalized spacial score (nSPS) is 13.6. The van der Waals surface area contributed by atoms with E-state index in [1.807, 2.05) is 12.1 Å². The first-order chi connectivity index (χ1) is 12.1. The van der Waals surface area contributed by atoms with Gasteiger partial charge in [-0.3, -0.25) is 4.79 Å². The van der Waals surface area contributed by atoms with Crippen molar-refractivity contribution in [3.8, 4) is 0 Å². The van der Waals surface area contributed by atoms with Crippen molar-refractivity contribution in [1.29, 1.82) is 0 Å². The molecule has 0 unspecified atom stereocenters. The lowest BCUT2D eigenvalue weighted by atomic mass is 10.0. The predicted octanol–water partition coefficient (Wildman–Crippen LogP) is 3.14. The van der Waals surface area contributed by atoms with E-state index in [4.69, 9.17) is 4.74 Å². The molecule has 2 N–H and O–H groups in total. The minimum Gasteiger partial charge on any atom is -0.375 e. The number of carbonyl (C=O) groups excluding carboxylic acids is 1. The number of rotatable bonds is 6. The summed E-state index contributed by atoms with van der Waals surface area (Å²) >= 11 is 0. The Morgan fingerprint density at radius 3 is 2.88 bits per heavy atom. The number of benzene rings is 1. The van der Waals surface area contributed by atoms with E-state index < -0.39 is 6.10 Å². The maximum absolute atomic E-state index is 14.0. The molecule has 0 fully saturated rings. The van der Waals surface area contributed by atoms with Crippen molar-refractivity contribution >= 4 is 16.9 Å². The number of fused-ring (bicyclic) bond motifs is 1. The predicted molar refractivity (Wildman–Crippen MR) is 93.6 cm³/mol. The molecule has 130 valence electrons. The number of H-pyrrole nitrogens is 1. The number of aromatic amines is 1. The Kier molecular flexibility index (Phi) is 5.09. The van der Waals surface area contributed by atoms with E-state index in [1.54, 1.807) is 37.5 Å². The van der Waals surface area contributed by atoms with Crippen LogP contribution in [0.2, 0.25) is 0 Å². The fraction of sp³-hybridized carbons (Fsp3) is 0.263. The van der Waals surface area contributed by atoms with Gasteiger partial charge < -0.3 is 15.0 Å². The Bertz CT molecular complexity index is 878. The van der Waals surface area contributed by atoms with E-state index in [2.05, 4.69) is 15.3 Å². The molecule has 0 saturated carbocycles. The van der Waals surface area contributed by atoms with Crippen molar-refractivity contribution in [3.05, 3.63) is 65.7 Å². The second-order valence-electron chi connectivity index (χ2n) is 5.92. The quantitative estimate of drug-likeness (QED) is 0.724. The number of hydrogen-bond acceptors (Lipinski definition) is 3. The Morgan fingerprint density at radius 1 is 1.32 bits per heavy atom. The molecule has 5 nitrogen and oxygen atoms in total. The number of amides is 1. The average Bonchev–Trinajstić information content (AvgIpc) is 3.00. The first-order valence-electron chi connectivity index (χ1n) is 8.07. The summed E-state index contributed by atoms with van der Waals surface area (Å²) in [6.07, 6.45) is 3.13. The molecule has 0 aliphatic carbocycles.